The van der Waals surface area contributed by atoms with Crippen molar-refractivity contribution in [2.24, 2.45) is 17.3 Å². The molecule has 0 spiro atoms. The third-order valence-corrected chi connectivity index (χ3v) is 5.65. The molecule has 0 radical (unpaired) electrons. The van der Waals surface area contributed by atoms with Gasteiger partial charge in [0.2, 0.25) is 0 Å². The fraction of sp³-hybridized carbons (Fsp3) is 0.474. The molecule has 3 rings (SSSR count). The number of hydrogen-bond acceptors (Lipinski definition) is 6. The molecule has 0 aromatic rings. The van der Waals surface area contributed by atoms with Crippen LogP contribution in [0.5, 0.6) is 0 Å². The Morgan fingerprint density at radius 1 is 1.48 bits per heavy atom. The number of carbonyl (C=O) groups excluding carboxylic acids is 2. The Bertz CT molecular complexity index is 705. The molecule has 1 saturated carbocycles. The highest BCUT2D eigenvalue weighted by Crippen LogP contribution is 2.56. The average Bonchev–Trinajstić information content (AvgIpc) is 2.85. The molecule has 2 N–H and O–H groups in total. The molecular formula is C19H22O6. The van der Waals surface area contributed by atoms with Crippen molar-refractivity contribution in [3.05, 3.63) is 48.6 Å². The van der Waals surface area contributed by atoms with Gasteiger partial charge in [0.15, 0.2) is 0 Å². The fourth-order valence-electron chi connectivity index (χ4n) is 4.26. The summed E-state index contributed by atoms with van der Waals surface area (Å²) in [7, 11) is 0. The Labute approximate surface area is 146 Å². The molecule has 0 amide bonds. The summed E-state index contributed by atoms with van der Waals surface area (Å²) in [5.74, 6) is -2.08. The van der Waals surface area contributed by atoms with Gasteiger partial charge in [-0.25, -0.2) is 9.59 Å². The first-order valence-corrected chi connectivity index (χ1v) is 8.15. The van der Waals surface area contributed by atoms with E-state index in [0.29, 0.717) is 6.42 Å². The number of esters is 2. The van der Waals surface area contributed by atoms with Crippen molar-refractivity contribution in [2.75, 3.05) is 6.61 Å². The molecule has 0 aromatic carbocycles. The van der Waals surface area contributed by atoms with E-state index in [0.717, 1.165) is 5.57 Å². The zero-order chi connectivity index (χ0) is 18.5. The molecule has 25 heavy (non-hydrogen) atoms. The summed E-state index contributed by atoms with van der Waals surface area (Å²) < 4.78 is 11.0. The van der Waals surface area contributed by atoms with Gasteiger partial charge in [-0.05, 0) is 12.0 Å². The first-order chi connectivity index (χ1) is 11.7. The van der Waals surface area contributed by atoms with Crippen molar-refractivity contribution in [1.29, 1.82) is 0 Å². The molecule has 134 valence electrons. The monoisotopic (exact) mass is 346 g/mol. The van der Waals surface area contributed by atoms with Crippen LogP contribution in [0.25, 0.3) is 0 Å². The van der Waals surface area contributed by atoms with Gasteiger partial charge in [-0.15, -0.1) is 0 Å². The van der Waals surface area contributed by atoms with Gasteiger partial charge in [-0.1, -0.05) is 38.8 Å². The minimum Gasteiger partial charge on any atom is -0.458 e. The van der Waals surface area contributed by atoms with E-state index in [-0.39, 0.29) is 17.1 Å². The second-order valence-electron chi connectivity index (χ2n) is 7.19. The fourth-order valence-corrected chi connectivity index (χ4v) is 4.26. The van der Waals surface area contributed by atoms with Crippen molar-refractivity contribution >= 4 is 11.9 Å². The van der Waals surface area contributed by atoms with Crippen LogP contribution >= 0.6 is 0 Å². The highest BCUT2D eigenvalue weighted by molar-refractivity contribution is 5.92. The van der Waals surface area contributed by atoms with Gasteiger partial charge < -0.3 is 19.7 Å². The van der Waals surface area contributed by atoms with E-state index in [4.69, 9.17) is 14.6 Å². The highest BCUT2D eigenvalue weighted by atomic mass is 16.6. The summed E-state index contributed by atoms with van der Waals surface area (Å²) >= 11 is 0. The van der Waals surface area contributed by atoms with Crippen LogP contribution in [0.1, 0.15) is 13.3 Å². The topological polar surface area (TPSA) is 93.1 Å². The van der Waals surface area contributed by atoms with Crippen LogP contribution in [0, 0.1) is 17.3 Å². The maximum Gasteiger partial charge on any atom is 0.336 e. The smallest absolute Gasteiger partial charge is 0.336 e. The number of fused-ring (bicyclic) bond motifs is 3. The zero-order valence-electron chi connectivity index (χ0n) is 14.1. The molecule has 0 bridgehead atoms. The Balaban J connectivity index is 2.00. The normalized spacial score (nSPS) is 39.5. The number of rotatable bonds is 3. The van der Waals surface area contributed by atoms with E-state index in [2.05, 4.69) is 19.7 Å². The second-order valence-corrected chi connectivity index (χ2v) is 7.19. The first-order valence-electron chi connectivity index (χ1n) is 8.15. The number of aliphatic hydroxyl groups excluding tert-OH is 2. The molecule has 6 atom stereocenters. The van der Waals surface area contributed by atoms with Crippen LogP contribution in [-0.4, -0.2) is 47.1 Å². The molecule has 2 aliphatic carbocycles. The zero-order valence-corrected chi connectivity index (χ0v) is 14.1. The lowest BCUT2D eigenvalue weighted by atomic mass is 9.55. The van der Waals surface area contributed by atoms with Crippen LogP contribution < -0.4 is 0 Å². The van der Waals surface area contributed by atoms with Crippen molar-refractivity contribution in [3.8, 4) is 0 Å². The molecular weight excluding hydrogens is 324 g/mol. The summed E-state index contributed by atoms with van der Waals surface area (Å²) in [6.45, 7) is 12.7. The second kappa shape index (κ2) is 5.97. The summed E-state index contributed by atoms with van der Waals surface area (Å²) in [6, 6.07) is 0. The molecule has 1 saturated heterocycles. The van der Waals surface area contributed by atoms with Gasteiger partial charge in [0.05, 0.1) is 24.2 Å². The van der Waals surface area contributed by atoms with Crippen LogP contribution in [0.2, 0.25) is 0 Å². The average molecular weight is 346 g/mol. The molecule has 1 heterocycles. The van der Waals surface area contributed by atoms with E-state index in [1.807, 2.05) is 6.92 Å². The van der Waals surface area contributed by atoms with Gasteiger partial charge in [0.25, 0.3) is 0 Å². The number of ether oxygens (including phenoxy) is 2. The van der Waals surface area contributed by atoms with Crippen molar-refractivity contribution in [1.82, 2.24) is 0 Å². The summed E-state index contributed by atoms with van der Waals surface area (Å²) in [5.41, 5.74) is 0.225. The van der Waals surface area contributed by atoms with E-state index in [9.17, 15) is 14.7 Å². The molecule has 0 aromatic heterocycles. The van der Waals surface area contributed by atoms with Crippen LogP contribution in [0.4, 0.5) is 0 Å². The minimum atomic E-state index is -0.793. The summed E-state index contributed by atoms with van der Waals surface area (Å²) in [4.78, 5) is 24.2. The van der Waals surface area contributed by atoms with Gasteiger partial charge in [-0.2, -0.15) is 0 Å². The van der Waals surface area contributed by atoms with E-state index < -0.39 is 48.2 Å². The molecule has 2 fully saturated rings. The third kappa shape index (κ3) is 2.56. The number of hydrogen-bond donors (Lipinski definition) is 2. The van der Waals surface area contributed by atoms with E-state index in [1.165, 1.54) is 0 Å². The largest absolute Gasteiger partial charge is 0.458 e. The van der Waals surface area contributed by atoms with E-state index >= 15 is 0 Å². The van der Waals surface area contributed by atoms with Gasteiger partial charge in [0, 0.05) is 16.9 Å². The molecule has 0 unspecified atom stereocenters. The Kier molecular flexibility index (Phi) is 4.21. The number of allylic oxidation sites excluding steroid dienone is 1. The quantitative estimate of drug-likeness (QED) is 0.586. The van der Waals surface area contributed by atoms with Crippen LogP contribution in [-0.2, 0) is 19.1 Å². The lowest BCUT2D eigenvalue weighted by Crippen LogP contribution is -2.57. The van der Waals surface area contributed by atoms with Crippen LogP contribution in [0.3, 0.4) is 0 Å². The van der Waals surface area contributed by atoms with E-state index in [1.54, 1.807) is 12.2 Å². The predicted molar refractivity (Wildman–Crippen MR) is 89.1 cm³/mol. The van der Waals surface area contributed by atoms with Crippen molar-refractivity contribution < 1.29 is 29.3 Å². The Morgan fingerprint density at radius 2 is 2.16 bits per heavy atom. The van der Waals surface area contributed by atoms with Crippen molar-refractivity contribution in [2.45, 2.75) is 31.7 Å². The lowest BCUT2D eigenvalue weighted by molar-refractivity contribution is -0.169. The van der Waals surface area contributed by atoms with Gasteiger partial charge >= 0.3 is 11.9 Å². The van der Waals surface area contributed by atoms with Gasteiger partial charge in [-0.3, -0.25) is 0 Å². The molecule has 6 heteroatoms. The molecule has 6 nitrogen and oxygen atoms in total. The maximum absolute atomic E-state index is 12.1. The number of aliphatic hydroxyl groups is 2. The highest BCUT2D eigenvalue weighted by Gasteiger charge is 2.61. The predicted octanol–water partition coefficient (Wildman–Crippen LogP) is 1.06. The van der Waals surface area contributed by atoms with Gasteiger partial charge in [0.1, 0.15) is 12.2 Å². The maximum atomic E-state index is 12.1. The molecule has 3 aliphatic rings. The Morgan fingerprint density at radius 3 is 2.80 bits per heavy atom. The lowest BCUT2D eigenvalue weighted by Gasteiger charge is -2.52. The van der Waals surface area contributed by atoms with Crippen molar-refractivity contribution in [3.63, 3.8) is 0 Å². The molecule has 1 aliphatic heterocycles. The summed E-state index contributed by atoms with van der Waals surface area (Å²) in [5, 5.41) is 19.6. The summed E-state index contributed by atoms with van der Waals surface area (Å²) in [6.07, 6.45) is 1.59. The third-order valence-electron chi connectivity index (χ3n) is 5.65. The SMILES string of the molecule is C=C(CO)C(=O)O[C@H]1C[C@@]2(C)[C@H](O)C=CC(=C)[C@@H]2[C@H]2OC(=O)C(=C)[C@@H]21. The first kappa shape index (κ1) is 17.6. The Hall–Kier alpha value is -2.18. The standard InChI is InChI=1S/C19H22O6/c1-9-5-6-13(21)19(4)7-12(24-17(22)10(2)8-20)14-11(3)18(23)25-16(14)15(9)19/h5-6,12-16,20-21H,1-3,7-8H2,4H3/t12-,13+,14+,15+,16-,19-/m0/s1. The number of carbonyl (C=O) groups is 2. The van der Waals surface area contributed by atoms with Crippen LogP contribution in [0.15, 0.2) is 48.6 Å². The minimum absolute atomic E-state index is 0.0758.